The quantitative estimate of drug-likeness (QED) is 0.336. The van der Waals surface area contributed by atoms with Crippen molar-refractivity contribution in [1.29, 1.82) is 0 Å². The standard InChI is InChI=1S/C23H34O3/c1-3-5-7-8-9-19-10-12-20(13-11-19)21-14-16-22(17-15-21)26-23(24)25-18-6-4-2/h10-13,16,21H,3-9,14-15,17-18H2,1-2H3. The number of carbonyl (C=O) groups excluding carboxylic acids is 1. The maximum absolute atomic E-state index is 11.6. The Morgan fingerprint density at radius 2 is 1.81 bits per heavy atom. The molecule has 0 saturated carbocycles. The average molecular weight is 359 g/mol. The maximum Gasteiger partial charge on any atom is 0.513 e. The Morgan fingerprint density at radius 3 is 2.46 bits per heavy atom. The van der Waals surface area contributed by atoms with Gasteiger partial charge in [-0.2, -0.15) is 0 Å². The highest BCUT2D eigenvalue weighted by molar-refractivity contribution is 5.61. The summed E-state index contributed by atoms with van der Waals surface area (Å²) in [5.41, 5.74) is 2.83. The van der Waals surface area contributed by atoms with E-state index in [9.17, 15) is 4.79 Å². The van der Waals surface area contributed by atoms with Gasteiger partial charge in [-0.3, -0.25) is 0 Å². The highest BCUT2D eigenvalue weighted by atomic mass is 16.7. The van der Waals surface area contributed by atoms with Crippen molar-refractivity contribution in [2.45, 2.75) is 84.0 Å². The molecule has 0 spiro atoms. The minimum absolute atomic E-state index is 0.441. The molecular weight excluding hydrogens is 324 g/mol. The van der Waals surface area contributed by atoms with Gasteiger partial charge in [-0.05, 0) is 55.2 Å². The third kappa shape index (κ3) is 7.23. The van der Waals surface area contributed by atoms with Crippen molar-refractivity contribution in [1.82, 2.24) is 0 Å². The Labute approximate surface area is 158 Å². The summed E-state index contributed by atoms with van der Waals surface area (Å²) in [6, 6.07) is 9.11. The molecule has 1 aliphatic rings. The van der Waals surface area contributed by atoms with Crippen LogP contribution in [0.15, 0.2) is 36.1 Å². The van der Waals surface area contributed by atoms with Crippen LogP contribution in [-0.2, 0) is 15.9 Å². The summed E-state index contributed by atoms with van der Waals surface area (Å²) in [7, 11) is 0. The zero-order valence-corrected chi connectivity index (χ0v) is 16.5. The first-order valence-corrected chi connectivity index (χ1v) is 10.3. The summed E-state index contributed by atoms with van der Waals surface area (Å²) < 4.78 is 10.4. The van der Waals surface area contributed by atoms with E-state index in [2.05, 4.69) is 38.1 Å². The van der Waals surface area contributed by atoms with Crippen LogP contribution >= 0.6 is 0 Å². The van der Waals surface area contributed by atoms with Crippen molar-refractivity contribution in [3.63, 3.8) is 0 Å². The van der Waals surface area contributed by atoms with Crippen molar-refractivity contribution < 1.29 is 14.3 Å². The number of allylic oxidation sites excluding steroid dienone is 2. The molecule has 0 saturated heterocycles. The second-order valence-electron chi connectivity index (χ2n) is 7.25. The Bertz CT molecular complexity index is 559. The van der Waals surface area contributed by atoms with Gasteiger partial charge in [-0.25, -0.2) is 4.79 Å². The number of ether oxygens (including phenoxy) is 2. The fourth-order valence-electron chi connectivity index (χ4n) is 3.35. The smallest absolute Gasteiger partial charge is 0.434 e. The fraction of sp³-hybridized carbons (Fsp3) is 0.609. The van der Waals surface area contributed by atoms with Crippen molar-refractivity contribution in [2.75, 3.05) is 6.61 Å². The summed E-state index contributed by atoms with van der Waals surface area (Å²) >= 11 is 0. The van der Waals surface area contributed by atoms with Crippen LogP contribution in [0, 0.1) is 0 Å². The lowest BCUT2D eigenvalue weighted by Crippen LogP contribution is -2.12. The lowest BCUT2D eigenvalue weighted by Gasteiger charge is -2.22. The van der Waals surface area contributed by atoms with E-state index >= 15 is 0 Å². The van der Waals surface area contributed by atoms with Crippen LogP contribution < -0.4 is 0 Å². The maximum atomic E-state index is 11.6. The molecule has 3 heteroatoms. The van der Waals surface area contributed by atoms with Gasteiger partial charge < -0.3 is 9.47 Å². The zero-order chi connectivity index (χ0) is 18.6. The molecule has 0 aromatic heterocycles. The first-order valence-electron chi connectivity index (χ1n) is 10.3. The molecule has 144 valence electrons. The number of benzene rings is 1. The first-order chi connectivity index (χ1) is 12.7. The number of aryl methyl sites for hydroxylation is 1. The second kappa shape index (κ2) is 11.8. The van der Waals surface area contributed by atoms with E-state index in [1.54, 1.807) is 0 Å². The van der Waals surface area contributed by atoms with Gasteiger partial charge in [0.1, 0.15) is 5.76 Å². The number of hydrogen-bond donors (Lipinski definition) is 0. The lowest BCUT2D eigenvalue weighted by atomic mass is 9.86. The number of carbonyl (C=O) groups is 1. The summed E-state index contributed by atoms with van der Waals surface area (Å²) in [6.45, 7) is 4.76. The Balaban J connectivity index is 1.75. The highest BCUT2D eigenvalue weighted by Crippen LogP contribution is 2.32. The Kier molecular flexibility index (Phi) is 9.30. The van der Waals surface area contributed by atoms with Crippen LogP contribution in [0.4, 0.5) is 4.79 Å². The highest BCUT2D eigenvalue weighted by Gasteiger charge is 2.19. The van der Waals surface area contributed by atoms with Gasteiger partial charge in [-0.1, -0.05) is 63.8 Å². The van der Waals surface area contributed by atoms with Crippen LogP contribution in [0.1, 0.15) is 88.7 Å². The van der Waals surface area contributed by atoms with Crippen LogP contribution in [0.5, 0.6) is 0 Å². The molecule has 26 heavy (non-hydrogen) atoms. The van der Waals surface area contributed by atoms with Crippen LogP contribution in [0.25, 0.3) is 0 Å². The third-order valence-corrected chi connectivity index (χ3v) is 5.07. The summed E-state index contributed by atoms with van der Waals surface area (Å²) in [4.78, 5) is 11.6. The van der Waals surface area contributed by atoms with Gasteiger partial charge in [-0.15, -0.1) is 0 Å². The predicted molar refractivity (Wildman–Crippen MR) is 106 cm³/mol. The van der Waals surface area contributed by atoms with Gasteiger partial charge in [0, 0.05) is 6.42 Å². The molecule has 0 heterocycles. The molecule has 0 radical (unpaired) electrons. The Morgan fingerprint density at radius 1 is 1.04 bits per heavy atom. The molecule has 3 nitrogen and oxygen atoms in total. The minimum Gasteiger partial charge on any atom is -0.434 e. The number of rotatable bonds is 10. The molecule has 0 fully saturated rings. The molecule has 0 amide bonds. The van der Waals surface area contributed by atoms with E-state index in [0.717, 1.165) is 37.9 Å². The zero-order valence-electron chi connectivity index (χ0n) is 16.5. The molecule has 1 aliphatic carbocycles. The topological polar surface area (TPSA) is 35.5 Å². The van der Waals surface area contributed by atoms with E-state index in [0.29, 0.717) is 12.5 Å². The SMILES string of the molecule is CCCCCCc1ccc(C2CC=C(OC(=O)OCCCC)CC2)cc1. The summed E-state index contributed by atoms with van der Waals surface area (Å²) in [5, 5.41) is 0. The molecule has 1 aromatic carbocycles. The van der Waals surface area contributed by atoms with E-state index in [1.807, 2.05) is 6.08 Å². The molecule has 0 bridgehead atoms. The van der Waals surface area contributed by atoms with Crippen LogP contribution in [-0.4, -0.2) is 12.8 Å². The number of unbranched alkanes of at least 4 members (excludes halogenated alkanes) is 4. The molecule has 1 aromatic rings. The van der Waals surface area contributed by atoms with E-state index in [1.165, 1.54) is 43.2 Å². The fourth-order valence-corrected chi connectivity index (χ4v) is 3.35. The molecule has 0 N–H and O–H groups in total. The van der Waals surface area contributed by atoms with Crippen molar-refractivity contribution in [3.05, 3.63) is 47.2 Å². The van der Waals surface area contributed by atoms with Crippen LogP contribution in [0.2, 0.25) is 0 Å². The molecule has 0 aliphatic heterocycles. The van der Waals surface area contributed by atoms with Gasteiger partial charge in [0.05, 0.1) is 6.61 Å². The van der Waals surface area contributed by atoms with Crippen molar-refractivity contribution in [3.8, 4) is 0 Å². The minimum atomic E-state index is -0.560. The summed E-state index contributed by atoms with van der Waals surface area (Å²) in [5.74, 6) is 1.28. The first kappa shape index (κ1) is 20.5. The van der Waals surface area contributed by atoms with E-state index in [-0.39, 0.29) is 0 Å². The van der Waals surface area contributed by atoms with E-state index in [4.69, 9.17) is 9.47 Å². The van der Waals surface area contributed by atoms with Gasteiger partial charge in [0.25, 0.3) is 0 Å². The monoisotopic (exact) mass is 358 g/mol. The second-order valence-corrected chi connectivity index (χ2v) is 7.25. The summed E-state index contributed by atoms with van der Waals surface area (Å²) in [6.07, 6.45) is 12.5. The predicted octanol–water partition coefficient (Wildman–Crippen LogP) is 6.91. The third-order valence-electron chi connectivity index (χ3n) is 5.07. The normalized spacial score (nSPS) is 16.8. The van der Waals surface area contributed by atoms with Gasteiger partial charge in [0.15, 0.2) is 0 Å². The average Bonchev–Trinajstić information content (AvgIpc) is 2.67. The Hall–Kier alpha value is -1.77. The molecule has 2 rings (SSSR count). The molecular formula is C23H34O3. The van der Waals surface area contributed by atoms with Gasteiger partial charge in [0.2, 0.25) is 0 Å². The molecule has 1 unspecified atom stereocenters. The number of hydrogen-bond acceptors (Lipinski definition) is 3. The lowest BCUT2D eigenvalue weighted by molar-refractivity contribution is 0.0726. The van der Waals surface area contributed by atoms with Crippen molar-refractivity contribution >= 4 is 6.16 Å². The largest absolute Gasteiger partial charge is 0.513 e. The van der Waals surface area contributed by atoms with E-state index < -0.39 is 6.16 Å². The van der Waals surface area contributed by atoms with Crippen molar-refractivity contribution in [2.24, 2.45) is 0 Å². The van der Waals surface area contributed by atoms with Gasteiger partial charge >= 0.3 is 6.16 Å². The van der Waals surface area contributed by atoms with Crippen LogP contribution in [0.3, 0.4) is 0 Å². The molecule has 1 atom stereocenters.